The first-order chi connectivity index (χ1) is 3.79. The van der Waals surface area contributed by atoms with E-state index in [0.29, 0.717) is 5.69 Å². The molecule has 0 aliphatic heterocycles. The number of rotatable bonds is 0. The number of aromatic hydroxyl groups is 1. The van der Waals surface area contributed by atoms with Gasteiger partial charge in [0, 0.05) is 11.8 Å². The fraction of sp³-hybridized carbons (Fsp3) is 0. The second kappa shape index (κ2) is 4.30. The van der Waals surface area contributed by atoms with Crippen LogP contribution < -0.4 is 5.73 Å². The van der Waals surface area contributed by atoms with Crippen LogP contribution in [0, 0.1) is 0 Å². The van der Waals surface area contributed by atoms with Gasteiger partial charge in [-0.25, -0.2) is 0 Å². The average Bonchev–Trinajstić information content (AvgIpc) is 1.64. The zero-order valence-corrected chi connectivity index (χ0v) is 4.33. The number of nitrogen functional groups attached to an aromatic ring is 1. The van der Waals surface area contributed by atoms with E-state index in [-0.39, 0.29) is 57.1 Å². The summed E-state index contributed by atoms with van der Waals surface area (Å²) in [4.78, 5) is 0. The quantitative estimate of drug-likeness (QED) is 0.412. The summed E-state index contributed by atoms with van der Waals surface area (Å²) < 4.78 is 0. The average molecular weight is 149 g/mol. The predicted octanol–water partition coefficient (Wildman–Crippen LogP) is 0.326. The van der Waals surface area contributed by atoms with Gasteiger partial charge in [0.15, 0.2) is 0 Å². The molecule has 0 aromatic heterocycles. The van der Waals surface area contributed by atoms with Crippen LogP contribution in [0.15, 0.2) is 24.3 Å². The summed E-state index contributed by atoms with van der Waals surface area (Å²) >= 11 is 0. The molecule has 0 spiro atoms. The van der Waals surface area contributed by atoms with Crippen molar-refractivity contribution in [3.05, 3.63) is 24.3 Å². The molecule has 0 unspecified atom stereocenters. The molecule has 1 aromatic rings. The molecule has 0 aliphatic carbocycles. The molecule has 9 heavy (non-hydrogen) atoms. The molecule has 2 nitrogen and oxygen atoms in total. The van der Waals surface area contributed by atoms with Gasteiger partial charge in [-0.1, -0.05) is 6.07 Å². The van der Waals surface area contributed by atoms with E-state index in [4.69, 9.17) is 10.8 Å². The summed E-state index contributed by atoms with van der Waals surface area (Å²) in [7, 11) is 0. The van der Waals surface area contributed by atoms with E-state index in [9.17, 15) is 0 Å². The molecule has 0 saturated heterocycles. The van der Waals surface area contributed by atoms with Crippen LogP contribution in [0.25, 0.3) is 0 Å². The molecule has 0 atom stereocenters. The second-order valence-corrected chi connectivity index (χ2v) is 1.59. The van der Waals surface area contributed by atoms with Crippen LogP contribution in [-0.2, 0) is 0 Å². The normalized spacial score (nSPS) is 8.00. The van der Waals surface area contributed by atoms with Crippen LogP contribution >= 0.6 is 0 Å². The van der Waals surface area contributed by atoms with E-state index in [0.717, 1.165) is 0 Å². The van der Waals surface area contributed by atoms with Crippen molar-refractivity contribution in [2.75, 3.05) is 5.73 Å². The second-order valence-electron chi connectivity index (χ2n) is 1.59. The van der Waals surface area contributed by atoms with Crippen LogP contribution in [0.1, 0.15) is 0 Å². The van der Waals surface area contributed by atoms with Gasteiger partial charge >= 0.3 is 51.4 Å². The summed E-state index contributed by atoms with van der Waals surface area (Å²) in [6, 6.07) is 6.50. The molecule has 0 saturated carbocycles. The Morgan fingerprint density at radius 2 is 2.00 bits per heavy atom. The van der Waals surface area contributed by atoms with Gasteiger partial charge < -0.3 is 10.8 Å². The Morgan fingerprint density at radius 3 is 2.33 bits per heavy atom. The summed E-state index contributed by atoms with van der Waals surface area (Å²) in [6.45, 7) is 0. The van der Waals surface area contributed by atoms with Gasteiger partial charge in [-0.2, -0.15) is 0 Å². The molecule has 44 valence electrons. The minimum atomic E-state index is 0. The van der Waals surface area contributed by atoms with Crippen LogP contribution in [0.2, 0.25) is 0 Å². The van der Waals surface area contributed by atoms with Crippen molar-refractivity contribution in [2.24, 2.45) is 0 Å². The Bertz CT molecular complexity index is 173. The molecule has 0 bridgehead atoms. The molecular weight excluding hydrogens is 141 g/mol. The monoisotopic (exact) mass is 149 g/mol. The SMILES string of the molecule is Nc1cccc(O)c1.[KH]. The number of phenolic OH excluding ortho intramolecular Hbond substituents is 1. The molecule has 3 heteroatoms. The maximum atomic E-state index is 8.73. The number of anilines is 1. The third kappa shape index (κ3) is 3.22. The van der Waals surface area contributed by atoms with Crippen LogP contribution in [-0.4, -0.2) is 56.5 Å². The topological polar surface area (TPSA) is 46.2 Å². The van der Waals surface area contributed by atoms with Crippen molar-refractivity contribution >= 4 is 57.1 Å². The van der Waals surface area contributed by atoms with E-state index < -0.39 is 0 Å². The Balaban J connectivity index is 0.000000640. The summed E-state index contributed by atoms with van der Waals surface area (Å²) in [6.07, 6.45) is 0. The van der Waals surface area contributed by atoms with Crippen molar-refractivity contribution in [1.82, 2.24) is 0 Å². The maximum absolute atomic E-state index is 8.73. The Hall–Kier alpha value is 0.456. The first-order valence-corrected chi connectivity index (χ1v) is 2.33. The molecule has 0 aliphatic rings. The third-order valence-electron chi connectivity index (χ3n) is 0.870. The molecule has 1 aromatic carbocycles. The third-order valence-corrected chi connectivity index (χ3v) is 0.870. The van der Waals surface area contributed by atoms with Crippen molar-refractivity contribution in [1.29, 1.82) is 0 Å². The van der Waals surface area contributed by atoms with Gasteiger partial charge in [0.05, 0.1) is 0 Å². The fourth-order valence-corrected chi connectivity index (χ4v) is 0.525. The number of benzene rings is 1. The van der Waals surface area contributed by atoms with E-state index in [1.165, 1.54) is 6.07 Å². The number of phenols is 1. The molecule has 3 N–H and O–H groups in total. The molecular formula is C6H8KNO. The minimum absolute atomic E-state index is 0. The van der Waals surface area contributed by atoms with E-state index in [1.807, 2.05) is 0 Å². The van der Waals surface area contributed by atoms with E-state index in [2.05, 4.69) is 0 Å². The van der Waals surface area contributed by atoms with Crippen molar-refractivity contribution in [3.63, 3.8) is 0 Å². The first kappa shape index (κ1) is 9.46. The predicted molar refractivity (Wildman–Crippen MR) is 39.7 cm³/mol. The molecule has 0 heterocycles. The fourth-order valence-electron chi connectivity index (χ4n) is 0.525. The molecule has 1 rings (SSSR count). The van der Waals surface area contributed by atoms with Crippen LogP contribution in [0.4, 0.5) is 5.69 Å². The standard InChI is InChI=1S/C6H7NO.K.H/c7-5-2-1-3-6(8)4-5;;/h1-4,8H,7H2;;. The number of hydrogen-bond acceptors (Lipinski definition) is 2. The van der Waals surface area contributed by atoms with Crippen LogP contribution in [0.3, 0.4) is 0 Å². The number of hydrogen-bond donors (Lipinski definition) is 2. The summed E-state index contributed by atoms with van der Waals surface area (Å²) in [5.41, 5.74) is 5.89. The van der Waals surface area contributed by atoms with Crippen molar-refractivity contribution in [2.45, 2.75) is 0 Å². The van der Waals surface area contributed by atoms with Crippen LogP contribution in [0.5, 0.6) is 5.75 Å². The Kier molecular flexibility index (Phi) is 4.52. The van der Waals surface area contributed by atoms with Crippen molar-refractivity contribution in [3.8, 4) is 5.75 Å². The summed E-state index contributed by atoms with van der Waals surface area (Å²) in [5.74, 6) is 0.213. The van der Waals surface area contributed by atoms with Gasteiger partial charge in [0.25, 0.3) is 0 Å². The van der Waals surface area contributed by atoms with E-state index in [1.54, 1.807) is 18.2 Å². The molecule has 0 fully saturated rings. The Morgan fingerprint density at radius 1 is 1.33 bits per heavy atom. The van der Waals surface area contributed by atoms with Crippen molar-refractivity contribution < 1.29 is 5.11 Å². The zero-order chi connectivity index (χ0) is 5.98. The zero-order valence-electron chi connectivity index (χ0n) is 4.33. The first-order valence-electron chi connectivity index (χ1n) is 2.33. The number of nitrogens with two attached hydrogens (primary N) is 1. The Labute approximate surface area is 96.5 Å². The van der Waals surface area contributed by atoms with Gasteiger partial charge in [0.2, 0.25) is 0 Å². The summed E-state index contributed by atoms with van der Waals surface area (Å²) in [5, 5.41) is 8.73. The molecule has 0 radical (unpaired) electrons. The van der Waals surface area contributed by atoms with E-state index >= 15 is 0 Å². The van der Waals surface area contributed by atoms with Gasteiger partial charge in [0.1, 0.15) is 5.75 Å². The van der Waals surface area contributed by atoms with Gasteiger partial charge in [-0.05, 0) is 12.1 Å². The van der Waals surface area contributed by atoms with Gasteiger partial charge in [-0.3, -0.25) is 0 Å². The van der Waals surface area contributed by atoms with Gasteiger partial charge in [-0.15, -0.1) is 0 Å². The molecule has 0 amide bonds.